The number of hydrogen-bond acceptors (Lipinski definition) is 7. The van der Waals surface area contributed by atoms with Gasteiger partial charge in [0.1, 0.15) is 11.0 Å². The Morgan fingerprint density at radius 3 is 2.36 bits per heavy atom. The third-order valence-electron chi connectivity index (χ3n) is 14.0. The van der Waals surface area contributed by atoms with E-state index in [2.05, 4.69) is 51.8 Å². The van der Waals surface area contributed by atoms with Crippen molar-refractivity contribution in [3.05, 3.63) is 27.7 Å². The standard InChI is InChI=1S/C38H54N2O6S/c1-21(2)30-24(41)17-38(40-32(43)25-19-39-20-47-25)16-11-23-22(31(30)38)9-10-27-36(23,7)14-12-26-35(5,6)28(13-15-37(26,27)8)46-29(42)18-34(3,4)33(44)45/h19-23,26-28H,9-18H2,1-8H3,(H,40,43)(H,44,45)/t22?,23?,26?,27?,28-,36-,37-,38+/m0/s1. The SMILES string of the molecule is CC(C)C1=C2C3CCC4[C@@](C)(CCC5C(C)(C)[C@@H](OC(=O)CC(C)(C)C(=O)O)CC[C@@]54C)C3CC[C@@]2(NC(=O)c2cncs2)CC1=O. The number of allylic oxidation sites excluding steroid dienone is 1. The highest BCUT2D eigenvalue weighted by atomic mass is 32.1. The summed E-state index contributed by atoms with van der Waals surface area (Å²) in [5, 5.41) is 13.0. The van der Waals surface area contributed by atoms with Crippen molar-refractivity contribution in [1.82, 2.24) is 10.3 Å². The minimum absolute atomic E-state index is 0.0837. The number of nitrogens with zero attached hydrogens (tertiary/aromatic N) is 1. The van der Waals surface area contributed by atoms with E-state index in [1.165, 1.54) is 16.9 Å². The first-order valence-corrected chi connectivity index (χ1v) is 18.7. The maximum absolute atomic E-state index is 13.7. The van der Waals surface area contributed by atoms with Crippen LogP contribution < -0.4 is 5.32 Å². The largest absolute Gasteiger partial charge is 0.481 e. The summed E-state index contributed by atoms with van der Waals surface area (Å²) in [6.07, 6.45) is 9.39. The molecule has 1 heterocycles. The monoisotopic (exact) mass is 666 g/mol. The topological polar surface area (TPSA) is 123 Å². The first kappa shape index (κ1) is 34.3. The molecule has 0 aliphatic heterocycles. The fraction of sp³-hybridized carbons (Fsp3) is 0.763. The summed E-state index contributed by atoms with van der Waals surface area (Å²) >= 11 is 1.34. The van der Waals surface area contributed by atoms with Crippen molar-refractivity contribution in [2.45, 2.75) is 131 Å². The highest BCUT2D eigenvalue weighted by Crippen LogP contribution is 2.72. The molecular formula is C38H54N2O6S. The minimum atomic E-state index is -1.16. The van der Waals surface area contributed by atoms with Gasteiger partial charge in [-0.3, -0.25) is 24.2 Å². The van der Waals surface area contributed by atoms with E-state index in [1.807, 2.05) is 0 Å². The van der Waals surface area contributed by atoms with E-state index >= 15 is 0 Å². The zero-order valence-corrected chi connectivity index (χ0v) is 30.4. The van der Waals surface area contributed by atoms with Crippen molar-refractivity contribution in [2.75, 3.05) is 0 Å². The molecule has 0 saturated heterocycles. The second kappa shape index (κ2) is 11.5. The van der Waals surface area contributed by atoms with Gasteiger partial charge in [0, 0.05) is 11.8 Å². The Kier molecular flexibility index (Phi) is 8.41. The number of esters is 1. The van der Waals surface area contributed by atoms with E-state index < -0.39 is 22.9 Å². The van der Waals surface area contributed by atoms with Crippen LogP contribution in [0.4, 0.5) is 0 Å². The number of aliphatic carboxylic acids is 1. The molecule has 5 aliphatic rings. The summed E-state index contributed by atoms with van der Waals surface area (Å²) in [5.41, 5.74) is 2.06. The fourth-order valence-electron chi connectivity index (χ4n) is 11.9. The fourth-order valence-corrected chi connectivity index (χ4v) is 12.4. The molecule has 47 heavy (non-hydrogen) atoms. The molecule has 9 heteroatoms. The van der Waals surface area contributed by atoms with Crippen molar-refractivity contribution < 1.29 is 29.0 Å². The number of carboxylic acid groups (broad SMARTS) is 1. The molecule has 5 aliphatic carbocycles. The van der Waals surface area contributed by atoms with E-state index in [4.69, 9.17) is 4.74 Å². The molecule has 0 bridgehead atoms. The maximum Gasteiger partial charge on any atom is 0.309 e. The van der Waals surface area contributed by atoms with E-state index in [-0.39, 0.29) is 52.3 Å². The van der Waals surface area contributed by atoms with Crippen molar-refractivity contribution in [1.29, 1.82) is 0 Å². The molecule has 2 N–H and O–H groups in total. The number of fused-ring (bicyclic) bond motifs is 7. The molecule has 1 aromatic rings. The van der Waals surface area contributed by atoms with E-state index in [9.17, 15) is 24.3 Å². The second-order valence-corrected chi connectivity index (χ2v) is 18.6. The summed E-state index contributed by atoms with van der Waals surface area (Å²) < 4.78 is 6.12. The van der Waals surface area contributed by atoms with Gasteiger partial charge in [-0.05, 0) is 117 Å². The van der Waals surface area contributed by atoms with Crippen LogP contribution in [-0.4, -0.2) is 45.4 Å². The lowest BCUT2D eigenvalue weighted by Crippen LogP contribution is -2.64. The third kappa shape index (κ3) is 5.32. The van der Waals surface area contributed by atoms with Crippen LogP contribution in [0, 0.1) is 51.2 Å². The van der Waals surface area contributed by atoms with Crippen LogP contribution in [0.15, 0.2) is 22.9 Å². The minimum Gasteiger partial charge on any atom is -0.481 e. The van der Waals surface area contributed by atoms with Crippen LogP contribution >= 0.6 is 11.3 Å². The molecule has 6 rings (SSSR count). The van der Waals surface area contributed by atoms with Crippen LogP contribution in [0.3, 0.4) is 0 Å². The Balaban J connectivity index is 1.27. The Morgan fingerprint density at radius 2 is 1.72 bits per heavy atom. The predicted octanol–water partition coefficient (Wildman–Crippen LogP) is 7.63. The van der Waals surface area contributed by atoms with E-state index in [0.29, 0.717) is 29.1 Å². The van der Waals surface area contributed by atoms with Gasteiger partial charge < -0.3 is 15.2 Å². The Labute approximate surface area is 283 Å². The average molecular weight is 667 g/mol. The first-order chi connectivity index (χ1) is 21.9. The number of hydrogen-bond donors (Lipinski definition) is 2. The molecule has 8 nitrogen and oxygen atoms in total. The van der Waals surface area contributed by atoms with Crippen molar-refractivity contribution >= 4 is 35.0 Å². The molecule has 4 fully saturated rings. The van der Waals surface area contributed by atoms with Crippen LogP contribution in [0.25, 0.3) is 0 Å². The number of amides is 1. The number of nitrogens with one attached hydrogen (secondary N) is 1. The number of carbonyl (C=O) groups excluding carboxylic acids is 3. The molecule has 0 radical (unpaired) electrons. The molecular weight excluding hydrogens is 612 g/mol. The normalized spacial score (nSPS) is 37.8. The van der Waals surface area contributed by atoms with Gasteiger partial charge in [0.05, 0.1) is 29.1 Å². The number of ether oxygens (including phenoxy) is 1. The maximum atomic E-state index is 13.7. The molecule has 1 amide bonds. The Bertz CT molecular complexity index is 1490. The number of ketones is 1. The molecule has 0 aromatic carbocycles. The number of Topliss-reactive ketones (excluding diaryl/α,β-unsaturated/α-hetero) is 1. The van der Waals surface area contributed by atoms with Crippen molar-refractivity contribution in [2.24, 2.45) is 51.2 Å². The lowest BCUT2D eigenvalue weighted by Gasteiger charge is -2.68. The molecule has 0 spiro atoms. The quantitative estimate of drug-likeness (QED) is 0.287. The molecule has 8 atom stereocenters. The van der Waals surface area contributed by atoms with Crippen LogP contribution in [-0.2, 0) is 19.1 Å². The average Bonchev–Trinajstić information content (AvgIpc) is 3.60. The van der Waals surface area contributed by atoms with Crippen LogP contribution in [0.5, 0.6) is 0 Å². The zero-order chi connectivity index (χ0) is 34.3. The van der Waals surface area contributed by atoms with Gasteiger partial charge in [-0.2, -0.15) is 0 Å². The second-order valence-electron chi connectivity index (χ2n) is 17.7. The van der Waals surface area contributed by atoms with E-state index in [0.717, 1.165) is 56.9 Å². The van der Waals surface area contributed by atoms with Crippen LogP contribution in [0.1, 0.15) is 129 Å². The van der Waals surface area contributed by atoms with Gasteiger partial charge in [0.2, 0.25) is 0 Å². The van der Waals surface area contributed by atoms with Gasteiger partial charge in [-0.15, -0.1) is 11.3 Å². The summed E-state index contributed by atoms with van der Waals surface area (Å²) in [4.78, 5) is 56.6. The van der Waals surface area contributed by atoms with Gasteiger partial charge in [-0.1, -0.05) is 41.5 Å². The lowest BCUT2D eigenvalue weighted by molar-refractivity contribution is -0.213. The summed E-state index contributed by atoms with van der Waals surface area (Å²) in [5.74, 6) is 0.376. The Hall–Kier alpha value is -2.55. The van der Waals surface area contributed by atoms with Crippen molar-refractivity contribution in [3.8, 4) is 0 Å². The first-order valence-electron chi connectivity index (χ1n) is 17.8. The van der Waals surface area contributed by atoms with Gasteiger partial charge >= 0.3 is 11.9 Å². The zero-order valence-electron chi connectivity index (χ0n) is 29.5. The number of carboxylic acids is 1. The molecule has 1 aromatic heterocycles. The summed E-state index contributed by atoms with van der Waals surface area (Å²) in [6.45, 7) is 16.9. The van der Waals surface area contributed by atoms with Gasteiger partial charge in [0.25, 0.3) is 5.91 Å². The highest BCUT2D eigenvalue weighted by Gasteiger charge is 2.67. The predicted molar refractivity (Wildman–Crippen MR) is 181 cm³/mol. The molecule has 4 saturated carbocycles. The smallest absolute Gasteiger partial charge is 0.309 e. The number of carbonyl (C=O) groups is 4. The highest BCUT2D eigenvalue weighted by molar-refractivity contribution is 7.11. The number of aromatic nitrogens is 1. The van der Waals surface area contributed by atoms with Gasteiger partial charge in [-0.25, -0.2) is 0 Å². The third-order valence-corrected chi connectivity index (χ3v) is 14.8. The van der Waals surface area contributed by atoms with Crippen LogP contribution in [0.2, 0.25) is 0 Å². The van der Waals surface area contributed by atoms with Gasteiger partial charge in [0.15, 0.2) is 5.78 Å². The van der Waals surface area contributed by atoms with E-state index in [1.54, 1.807) is 25.6 Å². The number of rotatable bonds is 7. The molecule has 4 unspecified atom stereocenters. The summed E-state index contributed by atoms with van der Waals surface area (Å²) in [6, 6.07) is 0. The Morgan fingerprint density at radius 1 is 1.02 bits per heavy atom. The molecule has 258 valence electrons. The summed E-state index contributed by atoms with van der Waals surface area (Å²) in [7, 11) is 0. The van der Waals surface area contributed by atoms with Crippen molar-refractivity contribution in [3.63, 3.8) is 0 Å². The lowest BCUT2D eigenvalue weighted by atomic mass is 9.37. The number of thiazole rings is 1.